The molecule has 162 valence electrons. The zero-order valence-corrected chi connectivity index (χ0v) is 18.0. The largest absolute Gasteiger partial charge is 0.497 e. The predicted octanol–water partition coefficient (Wildman–Crippen LogP) is 2.14. The zero-order valence-electron chi connectivity index (χ0n) is 17.2. The molecule has 0 saturated carbocycles. The summed E-state index contributed by atoms with van der Waals surface area (Å²) in [4.78, 5) is 14.6. The number of methoxy groups -OCH3 is 1. The third kappa shape index (κ3) is 4.47. The Morgan fingerprint density at radius 2 is 1.61 bits per heavy atom. The SMILES string of the molecule is COc1ccc(S(=O)(=O)N2CCCN(c3ccc(=O)n(-c4ccccc4)n3)CC2)cc1. The van der Waals surface area contributed by atoms with Crippen LogP contribution in [0.25, 0.3) is 5.69 Å². The Bertz CT molecular complexity index is 1190. The molecule has 2 aromatic carbocycles. The summed E-state index contributed by atoms with van der Waals surface area (Å²) in [7, 11) is -2.05. The second-order valence-corrected chi connectivity index (χ2v) is 9.14. The van der Waals surface area contributed by atoms with E-state index >= 15 is 0 Å². The fraction of sp³-hybridized carbons (Fsp3) is 0.273. The van der Waals surface area contributed by atoms with Gasteiger partial charge in [0.05, 0.1) is 17.7 Å². The summed E-state index contributed by atoms with van der Waals surface area (Å²) in [6.07, 6.45) is 0.654. The first-order chi connectivity index (χ1) is 15.0. The third-order valence-corrected chi connectivity index (χ3v) is 7.18. The van der Waals surface area contributed by atoms with E-state index in [1.54, 1.807) is 37.4 Å². The minimum Gasteiger partial charge on any atom is -0.497 e. The number of nitrogens with zero attached hydrogens (tertiary/aromatic N) is 4. The van der Waals surface area contributed by atoms with Gasteiger partial charge >= 0.3 is 0 Å². The quantitative estimate of drug-likeness (QED) is 0.604. The van der Waals surface area contributed by atoms with Crippen molar-refractivity contribution in [2.45, 2.75) is 11.3 Å². The first-order valence-corrected chi connectivity index (χ1v) is 11.5. The maximum absolute atomic E-state index is 13.1. The van der Waals surface area contributed by atoms with E-state index in [-0.39, 0.29) is 10.5 Å². The minimum atomic E-state index is -3.60. The van der Waals surface area contributed by atoms with Crippen LogP contribution in [0.4, 0.5) is 5.82 Å². The molecule has 1 fully saturated rings. The summed E-state index contributed by atoms with van der Waals surface area (Å²) in [6.45, 7) is 1.88. The summed E-state index contributed by atoms with van der Waals surface area (Å²) < 4.78 is 34.1. The molecule has 4 rings (SSSR count). The maximum Gasteiger partial charge on any atom is 0.271 e. The van der Waals surface area contributed by atoms with Crippen LogP contribution in [0.1, 0.15) is 6.42 Å². The Hall–Kier alpha value is -3.17. The highest BCUT2D eigenvalue weighted by atomic mass is 32.2. The van der Waals surface area contributed by atoms with E-state index < -0.39 is 10.0 Å². The van der Waals surface area contributed by atoms with Crippen molar-refractivity contribution >= 4 is 15.8 Å². The second-order valence-electron chi connectivity index (χ2n) is 7.20. The molecule has 0 unspecified atom stereocenters. The molecule has 8 nitrogen and oxygen atoms in total. The molecule has 0 aliphatic carbocycles. The van der Waals surface area contributed by atoms with Gasteiger partial charge in [0.2, 0.25) is 10.0 Å². The van der Waals surface area contributed by atoms with Crippen LogP contribution in [0.15, 0.2) is 76.4 Å². The van der Waals surface area contributed by atoms with Gasteiger partial charge in [-0.1, -0.05) is 18.2 Å². The van der Waals surface area contributed by atoms with Gasteiger partial charge in [-0.15, -0.1) is 5.10 Å². The van der Waals surface area contributed by atoms with Gasteiger partial charge in [0.25, 0.3) is 5.56 Å². The minimum absolute atomic E-state index is 0.214. The monoisotopic (exact) mass is 440 g/mol. The molecule has 3 aromatic rings. The van der Waals surface area contributed by atoms with Crippen molar-refractivity contribution in [1.29, 1.82) is 0 Å². The van der Waals surface area contributed by atoms with E-state index in [1.807, 2.05) is 35.2 Å². The molecule has 0 spiro atoms. The third-order valence-electron chi connectivity index (χ3n) is 5.26. The van der Waals surface area contributed by atoms with E-state index in [2.05, 4.69) is 5.10 Å². The van der Waals surface area contributed by atoms with E-state index in [4.69, 9.17) is 4.74 Å². The van der Waals surface area contributed by atoms with Crippen molar-refractivity contribution in [1.82, 2.24) is 14.1 Å². The standard InChI is InChI=1S/C22H24N4O4S/c1-30-19-8-10-20(11-9-19)31(28,29)25-15-5-14-24(16-17-25)21-12-13-22(27)26(23-21)18-6-3-2-4-7-18/h2-4,6-13H,5,14-17H2,1H3. The molecule has 1 aliphatic rings. The number of hydrogen-bond donors (Lipinski definition) is 0. The molecule has 1 saturated heterocycles. The Morgan fingerprint density at radius 1 is 0.871 bits per heavy atom. The highest BCUT2D eigenvalue weighted by Gasteiger charge is 2.27. The average Bonchev–Trinajstić information content (AvgIpc) is 3.07. The zero-order chi connectivity index (χ0) is 21.8. The first-order valence-electron chi connectivity index (χ1n) is 10.0. The van der Waals surface area contributed by atoms with Gasteiger partial charge in [-0.2, -0.15) is 8.99 Å². The van der Waals surface area contributed by atoms with Gasteiger partial charge < -0.3 is 9.64 Å². The van der Waals surface area contributed by atoms with Gasteiger partial charge in [-0.3, -0.25) is 4.79 Å². The van der Waals surface area contributed by atoms with E-state index in [9.17, 15) is 13.2 Å². The van der Waals surface area contributed by atoms with E-state index in [0.29, 0.717) is 49.9 Å². The summed E-state index contributed by atoms with van der Waals surface area (Å²) in [5, 5.41) is 4.52. The Morgan fingerprint density at radius 3 is 2.32 bits per heavy atom. The van der Waals surface area contributed by atoms with Gasteiger partial charge in [-0.05, 0) is 48.9 Å². The lowest BCUT2D eigenvalue weighted by Crippen LogP contribution is -2.36. The number of aromatic nitrogens is 2. The van der Waals surface area contributed by atoms with Crippen LogP contribution in [-0.4, -0.2) is 55.8 Å². The molecule has 1 aliphatic heterocycles. The number of para-hydroxylation sites is 1. The van der Waals surface area contributed by atoms with Crippen LogP contribution in [-0.2, 0) is 10.0 Å². The average molecular weight is 441 g/mol. The number of sulfonamides is 1. The normalized spacial score (nSPS) is 15.5. The van der Waals surface area contributed by atoms with Gasteiger partial charge in [-0.25, -0.2) is 8.42 Å². The van der Waals surface area contributed by atoms with Crippen LogP contribution >= 0.6 is 0 Å². The van der Waals surface area contributed by atoms with Crippen molar-refractivity contribution in [3.05, 3.63) is 77.1 Å². The number of hydrogen-bond acceptors (Lipinski definition) is 6. The fourth-order valence-corrected chi connectivity index (χ4v) is 5.05. The molecular formula is C22H24N4O4S. The van der Waals surface area contributed by atoms with Gasteiger partial charge in [0.1, 0.15) is 11.6 Å². The summed E-state index contributed by atoms with van der Waals surface area (Å²) in [6, 6.07) is 18.8. The van der Waals surface area contributed by atoms with Crippen LogP contribution in [0.5, 0.6) is 5.75 Å². The van der Waals surface area contributed by atoms with Crippen molar-refractivity contribution in [3.63, 3.8) is 0 Å². The molecular weight excluding hydrogens is 416 g/mol. The smallest absolute Gasteiger partial charge is 0.271 e. The Balaban J connectivity index is 1.53. The predicted molar refractivity (Wildman–Crippen MR) is 118 cm³/mol. The molecule has 0 N–H and O–H groups in total. The molecule has 1 aromatic heterocycles. The summed E-state index contributed by atoms with van der Waals surface area (Å²) in [5.41, 5.74) is 0.473. The highest BCUT2D eigenvalue weighted by Crippen LogP contribution is 2.22. The van der Waals surface area contributed by atoms with Crippen molar-refractivity contribution in [2.24, 2.45) is 0 Å². The van der Waals surface area contributed by atoms with Crippen LogP contribution in [0.3, 0.4) is 0 Å². The van der Waals surface area contributed by atoms with Crippen LogP contribution in [0.2, 0.25) is 0 Å². The molecule has 31 heavy (non-hydrogen) atoms. The first kappa shape index (κ1) is 21.1. The summed E-state index contributed by atoms with van der Waals surface area (Å²) in [5.74, 6) is 1.26. The Labute approximate surface area is 181 Å². The molecule has 9 heteroatoms. The van der Waals surface area contributed by atoms with E-state index in [0.717, 1.165) is 0 Å². The number of benzene rings is 2. The number of anilines is 1. The molecule has 2 heterocycles. The van der Waals surface area contributed by atoms with Crippen molar-refractivity contribution in [2.75, 3.05) is 38.2 Å². The molecule has 0 bridgehead atoms. The van der Waals surface area contributed by atoms with Gasteiger partial charge in [0.15, 0.2) is 0 Å². The Kier molecular flexibility index (Phi) is 6.06. The van der Waals surface area contributed by atoms with Crippen molar-refractivity contribution in [3.8, 4) is 11.4 Å². The molecule has 0 radical (unpaired) electrons. The second kappa shape index (κ2) is 8.91. The van der Waals surface area contributed by atoms with Crippen LogP contribution < -0.4 is 15.2 Å². The van der Waals surface area contributed by atoms with Crippen molar-refractivity contribution < 1.29 is 13.2 Å². The number of ether oxygens (including phenoxy) is 1. The van der Waals surface area contributed by atoms with Gasteiger partial charge in [0, 0.05) is 32.2 Å². The molecule has 0 amide bonds. The van der Waals surface area contributed by atoms with Crippen LogP contribution in [0, 0.1) is 0 Å². The number of rotatable bonds is 5. The lowest BCUT2D eigenvalue weighted by Gasteiger charge is -2.23. The summed E-state index contributed by atoms with van der Waals surface area (Å²) >= 11 is 0. The lowest BCUT2D eigenvalue weighted by atomic mass is 10.3. The fourth-order valence-electron chi connectivity index (χ4n) is 3.58. The highest BCUT2D eigenvalue weighted by molar-refractivity contribution is 7.89. The maximum atomic E-state index is 13.1. The van der Waals surface area contributed by atoms with E-state index in [1.165, 1.54) is 15.1 Å². The lowest BCUT2D eigenvalue weighted by molar-refractivity contribution is 0.413. The topological polar surface area (TPSA) is 84.7 Å². The molecule has 0 atom stereocenters.